The molecule has 3 atom stereocenters. The average molecular weight is 227 g/mol. The van der Waals surface area contributed by atoms with Crippen molar-refractivity contribution in [1.29, 1.82) is 0 Å². The Morgan fingerprint density at radius 3 is 2.76 bits per heavy atom. The molecule has 1 aliphatic carbocycles. The van der Waals surface area contributed by atoms with E-state index < -0.39 is 0 Å². The molecule has 2 saturated heterocycles. The predicted octanol–water partition coefficient (Wildman–Crippen LogP) is 3.20. The van der Waals surface area contributed by atoms with Gasteiger partial charge in [-0.25, -0.2) is 0 Å². The third-order valence-electron chi connectivity index (χ3n) is 5.23. The van der Waals surface area contributed by atoms with E-state index in [2.05, 4.69) is 29.2 Å². The monoisotopic (exact) mass is 227 g/mol. The summed E-state index contributed by atoms with van der Waals surface area (Å²) in [5, 5.41) is 0. The van der Waals surface area contributed by atoms with Crippen LogP contribution >= 0.6 is 0 Å². The minimum atomic E-state index is 0.846. The Labute approximate surface area is 104 Å². The Morgan fingerprint density at radius 1 is 1.00 bits per heavy atom. The molecule has 2 fully saturated rings. The molecule has 0 bridgehead atoms. The summed E-state index contributed by atoms with van der Waals surface area (Å²) >= 11 is 0. The van der Waals surface area contributed by atoms with Crippen LogP contribution in [-0.4, -0.2) is 24.0 Å². The van der Waals surface area contributed by atoms with Gasteiger partial charge < -0.3 is 0 Å². The Kier molecular flexibility index (Phi) is 2.29. The SMILES string of the molecule is c1ccc2c(c1)C[C@@H]1CCCN3CCC[C@H]2[C@@H]13. The second-order valence-electron chi connectivity index (χ2n) is 6.08. The number of rotatable bonds is 0. The zero-order chi connectivity index (χ0) is 11.2. The van der Waals surface area contributed by atoms with E-state index in [-0.39, 0.29) is 0 Å². The summed E-state index contributed by atoms with van der Waals surface area (Å²) in [6.45, 7) is 2.72. The van der Waals surface area contributed by atoms with Crippen molar-refractivity contribution in [2.45, 2.75) is 44.1 Å². The smallest absolute Gasteiger partial charge is 0.0195 e. The molecule has 1 heteroatoms. The number of benzene rings is 1. The summed E-state index contributed by atoms with van der Waals surface area (Å²) in [7, 11) is 0. The molecule has 4 rings (SSSR count). The van der Waals surface area contributed by atoms with Gasteiger partial charge in [-0.05, 0) is 62.2 Å². The molecule has 0 aromatic heterocycles. The lowest BCUT2D eigenvalue weighted by atomic mass is 9.66. The van der Waals surface area contributed by atoms with Crippen LogP contribution in [0.5, 0.6) is 0 Å². The van der Waals surface area contributed by atoms with Crippen molar-refractivity contribution in [2.75, 3.05) is 13.1 Å². The zero-order valence-corrected chi connectivity index (χ0v) is 10.4. The van der Waals surface area contributed by atoms with Crippen LogP contribution < -0.4 is 0 Å². The molecule has 0 spiro atoms. The number of fused-ring (bicyclic) bond motifs is 2. The van der Waals surface area contributed by atoms with Crippen LogP contribution in [0, 0.1) is 5.92 Å². The van der Waals surface area contributed by atoms with Crippen molar-refractivity contribution in [3.63, 3.8) is 0 Å². The van der Waals surface area contributed by atoms with Crippen molar-refractivity contribution in [3.05, 3.63) is 35.4 Å². The molecule has 2 heterocycles. The molecule has 3 aliphatic rings. The fourth-order valence-electron chi connectivity index (χ4n) is 4.63. The largest absolute Gasteiger partial charge is 0.299 e. The number of hydrogen-bond donors (Lipinski definition) is 0. The topological polar surface area (TPSA) is 3.24 Å². The second kappa shape index (κ2) is 3.84. The molecule has 0 unspecified atom stereocenters. The van der Waals surface area contributed by atoms with Crippen molar-refractivity contribution in [3.8, 4) is 0 Å². The van der Waals surface area contributed by atoms with Crippen LogP contribution in [0.1, 0.15) is 42.7 Å². The van der Waals surface area contributed by atoms with Gasteiger partial charge in [-0.2, -0.15) is 0 Å². The first-order valence-corrected chi connectivity index (χ1v) is 7.25. The number of hydrogen-bond acceptors (Lipinski definition) is 1. The maximum atomic E-state index is 2.80. The average Bonchev–Trinajstić information content (AvgIpc) is 2.39. The third-order valence-corrected chi connectivity index (χ3v) is 5.23. The Bertz CT molecular complexity index is 423. The fraction of sp³-hybridized carbons (Fsp3) is 0.625. The first-order chi connectivity index (χ1) is 8.43. The van der Waals surface area contributed by atoms with Crippen LogP contribution in [0.4, 0.5) is 0 Å². The first kappa shape index (κ1) is 10.1. The van der Waals surface area contributed by atoms with E-state index in [4.69, 9.17) is 0 Å². The van der Waals surface area contributed by atoms with E-state index in [1.54, 1.807) is 11.1 Å². The maximum Gasteiger partial charge on any atom is 0.0195 e. The summed E-state index contributed by atoms with van der Waals surface area (Å²) in [6.07, 6.45) is 7.06. The summed E-state index contributed by atoms with van der Waals surface area (Å²) in [4.78, 5) is 2.80. The molecule has 0 radical (unpaired) electrons. The van der Waals surface area contributed by atoms with Gasteiger partial charge in [0.25, 0.3) is 0 Å². The summed E-state index contributed by atoms with van der Waals surface area (Å²) in [5.41, 5.74) is 3.34. The highest BCUT2D eigenvalue weighted by atomic mass is 15.2. The van der Waals surface area contributed by atoms with Gasteiger partial charge >= 0.3 is 0 Å². The molecule has 90 valence electrons. The molecular weight excluding hydrogens is 206 g/mol. The van der Waals surface area contributed by atoms with Gasteiger partial charge in [-0.15, -0.1) is 0 Å². The minimum Gasteiger partial charge on any atom is -0.299 e. The lowest BCUT2D eigenvalue weighted by Gasteiger charge is -2.52. The van der Waals surface area contributed by atoms with E-state index in [1.807, 2.05) is 0 Å². The molecule has 1 aromatic rings. The van der Waals surface area contributed by atoms with E-state index >= 15 is 0 Å². The standard InChI is InChI=1S/C16H21N/c1-2-7-14-12(5-1)11-13-6-3-9-17-10-4-8-15(14)16(13)17/h1-2,5,7,13,15-16H,3-4,6,8-11H2/t13-,15+,16+/m0/s1. The maximum absolute atomic E-state index is 2.80. The van der Waals surface area contributed by atoms with Crippen molar-refractivity contribution in [1.82, 2.24) is 4.90 Å². The molecule has 2 aliphatic heterocycles. The lowest BCUT2D eigenvalue weighted by Crippen LogP contribution is -2.54. The summed E-state index contributed by atoms with van der Waals surface area (Å²) in [5.74, 6) is 1.79. The number of nitrogens with zero attached hydrogens (tertiary/aromatic N) is 1. The van der Waals surface area contributed by atoms with E-state index in [0.29, 0.717) is 0 Å². The van der Waals surface area contributed by atoms with Crippen LogP contribution in [0.15, 0.2) is 24.3 Å². The third kappa shape index (κ3) is 1.48. The van der Waals surface area contributed by atoms with Crippen LogP contribution in [-0.2, 0) is 6.42 Å². The molecule has 0 N–H and O–H groups in total. The molecule has 17 heavy (non-hydrogen) atoms. The summed E-state index contributed by atoms with van der Waals surface area (Å²) < 4.78 is 0. The highest BCUT2D eigenvalue weighted by molar-refractivity contribution is 5.36. The Balaban J connectivity index is 1.79. The Morgan fingerprint density at radius 2 is 1.82 bits per heavy atom. The fourth-order valence-corrected chi connectivity index (χ4v) is 4.63. The number of piperidine rings is 2. The molecule has 0 saturated carbocycles. The van der Waals surface area contributed by atoms with Gasteiger partial charge in [-0.1, -0.05) is 24.3 Å². The summed E-state index contributed by atoms with van der Waals surface area (Å²) in [6, 6.07) is 10.1. The van der Waals surface area contributed by atoms with E-state index in [9.17, 15) is 0 Å². The van der Waals surface area contributed by atoms with Crippen LogP contribution in [0.2, 0.25) is 0 Å². The van der Waals surface area contributed by atoms with Crippen molar-refractivity contribution in [2.24, 2.45) is 5.92 Å². The zero-order valence-electron chi connectivity index (χ0n) is 10.4. The van der Waals surface area contributed by atoms with Crippen molar-refractivity contribution >= 4 is 0 Å². The highest BCUT2D eigenvalue weighted by Gasteiger charge is 2.43. The van der Waals surface area contributed by atoms with Crippen LogP contribution in [0.25, 0.3) is 0 Å². The molecule has 1 nitrogen and oxygen atoms in total. The normalized spacial score (nSPS) is 36.1. The minimum absolute atomic E-state index is 0.846. The van der Waals surface area contributed by atoms with Gasteiger partial charge in [0.2, 0.25) is 0 Å². The van der Waals surface area contributed by atoms with Crippen molar-refractivity contribution < 1.29 is 0 Å². The molecular formula is C16H21N. The van der Waals surface area contributed by atoms with Gasteiger partial charge in [-0.3, -0.25) is 4.90 Å². The quantitative estimate of drug-likeness (QED) is 0.658. The van der Waals surface area contributed by atoms with Gasteiger partial charge in [0, 0.05) is 12.0 Å². The van der Waals surface area contributed by atoms with Gasteiger partial charge in [0.15, 0.2) is 0 Å². The highest BCUT2D eigenvalue weighted by Crippen LogP contribution is 2.46. The van der Waals surface area contributed by atoms with Gasteiger partial charge in [0.1, 0.15) is 0 Å². The first-order valence-electron chi connectivity index (χ1n) is 7.25. The lowest BCUT2D eigenvalue weighted by molar-refractivity contribution is 0.0350. The van der Waals surface area contributed by atoms with Gasteiger partial charge in [0.05, 0.1) is 0 Å². The molecule has 0 amide bonds. The molecule has 1 aromatic carbocycles. The second-order valence-corrected chi connectivity index (χ2v) is 6.08. The van der Waals surface area contributed by atoms with Crippen LogP contribution in [0.3, 0.4) is 0 Å². The Hall–Kier alpha value is -0.820. The van der Waals surface area contributed by atoms with E-state index in [0.717, 1.165) is 17.9 Å². The van der Waals surface area contributed by atoms with E-state index in [1.165, 1.54) is 45.2 Å². The predicted molar refractivity (Wildman–Crippen MR) is 70.2 cm³/mol.